The third kappa shape index (κ3) is 5.33. The molecule has 0 amide bonds. The van der Waals surface area contributed by atoms with E-state index in [2.05, 4.69) is 62.4 Å². The summed E-state index contributed by atoms with van der Waals surface area (Å²) in [5.74, 6) is 0. The second kappa shape index (κ2) is 7.46. The summed E-state index contributed by atoms with van der Waals surface area (Å²) < 4.78 is 0. The van der Waals surface area contributed by atoms with Gasteiger partial charge in [0.15, 0.2) is 0 Å². The SMILES string of the molecule is CCCNC(CCN(C)C)c1cccc(C)c1. The van der Waals surface area contributed by atoms with E-state index in [1.807, 2.05) is 0 Å². The van der Waals surface area contributed by atoms with Gasteiger partial charge >= 0.3 is 0 Å². The molecule has 96 valence electrons. The lowest BCUT2D eigenvalue weighted by molar-refractivity contribution is 0.361. The van der Waals surface area contributed by atoms with Crippen molar-refractivity contribution in [3.05, 3.63) is 35.4 Å². The van der Waals surface area contributed by atoms with E-state index in [0.29, 0.717) is 6.04 Å². The van der Waals surface area contributed by atoms with Crippen LogP contribution in [0.3, 0.4) is 0 Å². The molecule has 0 aliphatic carbocycles. The highest BCUT2D eigenvalue weighted by Gasteiger charge is 2.10. The van der Waals surface area contributed by atoms with Crippen molar-refractivity contribution in [2.75, 3.05) is 27.2 Å². The molecule has 0 saturated carbocycles. The van der Waals surface area contributed by atoms with E-state index in [4.69, 9.17) is 0 Å². The fourth-order valence-electron chi connectivity index (χ4n) is 1.98. The van der Waals surface area contributed by atoms with Crippen molar-refractivity contribution in [3.63, 3.8) is 0 Å². The third-order valence-corrected chi connectivity index (χ3v) is 2.95. The Morgan fingerprint density at radius 2 is 2.06 bits per heavy atom. The Hall–Kier alpha value is -0.860. The number of nitrogens with one attached hydrogen (secondary N) is 1. The normalized spacial score (nSPS) is 13.0. The maximum absolute atomic E-state index is 3.64. The van der Waals surface area contributed by atoms with Crippen LogP contribution in [0, 0.1) is 6.92 Å². The number of hydrogen-bond acceptors (Lipinski definition) is 2. The van der Waals surface area contributed by atoms with Crippen LogP contribution in [-0.2, 0) is 0 Å². The molecule has 1 atom stereocenters. The molecule has 0 aromatic heterocycles. The predicted molar refractivity (Wildman–Crippen MR) is 75.4 cm³/mol. The first-order valence-corrected chi connectivity index (χ1v) is 6.58. The minimum Gasteiger partial charge on any atom is -0.310 e. The van der Waals surface area contributed by atoms with Gasteiger partial charge < -0.3 is 10.2 Å². The topological polar surface area (TPSA) is 15.3 Å². The highest BCUT2D eigenvalue weighted by atomic mass is 15.1. The molecule has 0 bridgehead atoms. The average Bonchev–Trinajstić information content (AvgIpc) is 2.29. The first-order valence-electron chi connectivity index (χ1n) is 6.58. The van der Waals surface area contributed by atoms with Crippen LogP contribution in [0.5, 0.6) is 0 Å². The number of rotatable bonds is 7. The molecule has 0 spiro atoms. The first-order chi connectivity index (χ1) is 8.13. The van der Waals surface area contributed by atoms with E-state index in [9.17, 15) is 0 Å². The van der Waals surface area contributed by atoms with Crippen LogP contribution in [0.25, 0.3) is 0 Å². The first kappa shape index (κ1) is 14.2. The van der Waals surface area contributed by atoms with Crippen LogP contribution >= 0.6 is 0 Å². The molecule has 2 nitrogen and oxygen atoms in total. The Balaban J connectivity index is 2.67. The summed E-state index contributed by atoms with van der Waals surface area (Å²) in [6.07, 6.45) is 2.35. The second-order valence-electron chi connectivity index (χ2n) is 5.01. The standard InChI is InChI=1S/C15H26N2/c1-5-10-16-15(9-11-17(3)4)14-8-6-7-13(2)12-14/h6-8,12,15-16H,5,9-11H2,1-4H3. The lowest BCUT2D eigenvalue weighted by Gasteiger charge is -2.21. The summed E-state index contributed by atoms with van der Waals surface area (Å²) in [4.78, 5) is 2.25. The fraction of sp³-hybridized carbons (Fsp3) is 0.600. The largest absolute Gasteiger partial charge is 0.310 e. The van der Waals surface area contributed by atoms with Gasteiger partial charge in [0.1, 0.15) is 0 Å². The smallest absolute Gasteiger partial charge is 0.0332 e. The van der Waals surface area contributed by atoms with Crippen LogP contribution in [0.4, 0.5) is 0 Å². The number of benzene rings is 1. The lowest BCUT2D eigenvalue weighted by atomic mass is 10.0. The van der Waals surface area contributed by atoms with Crippen LogP contribution in [-0.4, -0.2) is 32.1 Å². The van der Waals surface area contributed by atoms with E-state index in [-0.39, 0.29) is 0 Å². The summed E-state index contributed by atoms with van der Waals surface area (Å²) in [6, 6.07) is 9.32. The maximum atomic E-state index is 3.64. The van der Waals surface area contributed by atoms with E-state index >= 15 is 0 Å². The van der Waals surface area contributed by atoms with Crippen LogP contribution in [0.2, 0.25) is 0 Å². The fourth-order valence-corrected chi connectivity index (χ4v) is 1.98. The van der Waals surface area contributed by atoms with Crippen LogP contribution < -0.4 is 5.32 Å². The van der Waals surface area contributed by atoms with Gasteiger partial charge in [-0.3, -0.25) is 0 Å². The Bertz CT molecular complexity index is 320. The molecule has 2 heteroatoms. The zero-order valence-corrected chi connectivity index (χ0v) is 11.7. The van der Waals surface area contributed by atoms with Gasteiger partial charge in [-0.15, -0.1) is 0 Å². The van der Waals surface area contributed by atoms with Gasteiger partial charge in [-0.25, -0.2) is 0 Å². The minimum atomic E-state index is 0.484. The molecular formula is C15H26N2. The van der Waals surface area contributed by atoms with E-state index < -0.39 is 0 Å². The summed E-state index contributed by atoms with van der Waals surface area (Å²) in [5, 5.41) is 3.64. The van der Waals surface area contributed by atoms with Crippen LogP contribution in [0.15, 0.2) is 24.3 Å². The number of nitrogens with zero attached hydrogens (tertiary/aromatic N) is 1. The van der Waals surface area contributed by atoms with Gasteiger partial charge in [-0.1, -0.05) is 36.8 Å². The van der Waals surface area contributed by atoms with Crippen LogP contribution in [0.1, 0.15) is 36.9 Å². The molecule has 1 unspecified atom stereocenters. The summed E-state index contributed by atoms with van der Waals surface area (Å²) in [7, 11) is 4.26. The van der Waals surface area contributed by atoms with Gasteiger partial charge in [0, 0.05) is 6.04 Å². The molecule has 0 heterocycles. The average molecular weight is 234 g/mol. The Morgan fingerprint density at radius 3 is 2.65 bits per heavy atom. The van der Waals surface area contributed by atoms with Crippen molar-refractivity contribution < 1.29 is 0 Å². The second-order valence-corrected chi connectivity index (χ2v) is 5.01. The van der Waals surface area contributed by atoms with Crippen molar-refractivity contribution in [2.45, 2.75) is 32.7 Å². The van der Waals surface area contributed by atoms with Crippen molar-refractivity contribution in [1.29, 1.82) is 0 Å². The molecular weight excluding hydrogens is 208 g/mol. The molecule has 1 rings (SSSR count). The lowest BCUT2D eigenvalue weighted by Crippen LogP contribution is -2.26. The van der Waals surface area contributed by atoms with E-state index in [1.54, 1.807) is 0 Å². The quantitative estimate of drug-likeness (QED) is 0.780. The summed E-state index contributed by atoms with van der Waals surface area (Å²) in [5.41, 5.74) is 2.76. The van der Waals surface area contributed by atoms with Gasteiger partial charge in [0.2, 0.25) is 0 Å². The van der Waals surface area contributed by atoms with Crippen molar-refractivity contribution in [2.24, 2.45) is 0 Å². The van der Waals surface area contributed by atoms with Gasteiger partial charge in [-0.2, -0.15) is 0 Å². The molecule has 1 aromatic rings. The molecule has 17 heavy (non-hydrogen) atoms. The minimum absolute atomic E-state index is 0.484. The van der Waals surface area contributed by atoms with Crippen molar-refractivity contribution >= 4 is 0 Å². The number of hydrogen-bond donors (Lipinski definition) is 1. The van der Waals surface area contributed by atoms with Crippen molar-refractivity contribution in [1.82, 2.24) is 10.2 Å². The monoisotopic (exact) mass is 234 g/mol. The zero-order valence-electron chi connectivity index (χ0n) is 11.7. The number of aryl methyl sites for hydroxylation is 1. The molecule has 0 aliphatic heterocycles. The Kier molecular flexibility index (Phi) is 6.23. The zero-order chi connectivity index (χ0) is 12.7. The van der Waals surface area contributed by atoms with Gasteiger partial charge in [0.05, 0.1) is 0 Å². The maximum Gasteiger partial charge on any atom is 0.0332 e. The molecule has 0 fully saturated rings. The molecule has 0 saturated heterocycles. The Morgan fingerprint density at radius 1 is 1.29 bits per heavy atom. The van der Waals surface area contributed by atoms with Crippen molar-refractivity contribution in [3.8, 4) is 0 Å². The molecule has 1 N–H and O–H groups in total. The molecule has 0 aliphatic rings. The Labute approximate surface area is 106 Å². The third-order valence-electron chi connectivity index (χ3n) is 2.95. The van der Waals surface area contributed by atoms with E-state index in [0.717, 1.165) is 19.5 Å². The molecule has 1 aromatic carbocycles. The predicted octanol–water partition coefficient (Wildman–Crippen LogP) is 2.99. The highest BCUT2D eigenvalue weighted by molar-refractivity contribution is 5.25. The summed E-state index contributed by atoms with van der Waals surface area (Å²) in [6.45, 7) is 6.58. The molecule has 0 radical (unpaired) electrons. The summed E-state index contributed by atoms with van der Waals surface area (Å²) >= 11 is 0. The van der Waals surface area contributed by atoms with Gasteiger partial charge in [0.25, 0.3) is 0 Å². The van der Waals surface area contributed by atoms with E-state index in [1.165, 1.54) is 17.5 Å². The highest BCUT2D eigenvalue weighted by Crippen LogP contribution is 2.18. The van der Waals surface area contributed by atoms with Gasteiger partial charge in [-0.05, 0) is 52.5 Å².